The lowest BCUT2D eigenvalue weighted by atomic mass is 9.98. The van der Waals surface area contributed by atoms with Crippen LogP contribution >= 0.6 is 15.2 Å². The molecule has 0 saturated heterocycles. The maximum atomic E-state index is 11.5. The normalized spacial score (nSPS) is 13.1. The van der Waals surface area contributed by atoms with Gasteiger partial charge in [-0.3, -0.25) is 9.13 Å². The highest BCUT2D eigenvalue weighted by Crippen LogP contribution is 2.68. The zero-order chi connectivity index (χ0) is 17.3. The number of aliphatic hydroxyl groups is 1. The first kappa shape index (κ1) is 18.0. The van der Waals surface area contributed by atoms with Gasteiger partial charge in [0.1, 0.15) is 0 Å². The minimum absolute atomic E-state index is 0.216. The third-order valence-corrected chi connectivity index (χ3v) is 7.21. The van der Waals surface area contributed by atoms with Gasteiger partial charge >= 0.3 is 15.2 Å². The van der Waals surface area contributed by atoms with E-state index in [4.69, 9.17) is 0 Å². The van der Waals surface area contributed by atoms with Crippen LogP contribution < -0.4 is 0 Å². The van der Waals surface area contributed by atoms with E-state index in [2.05, 4.69) is 0 Å². The minimum atomic E-state index is -5.49. The number of hydrogen-bond donors (Lipinski definition) is 5. The van der Waals surface area contributed by atoms with Crippen LogP contribution in [0.25, 0.3) is 11.1 Å². The van der Waals surface area contributed by atoms with Gasteiger partial charge < -0.3 is 24.7 Å². The summed E-state index contributed by atoms with van der Waals surface area (Å²) in [4.78, 5) is 37.1. The maximum Gasteiger partial charge on any atom is 0.369 e. The number of rotatable bonds is 5. The van der Waals surface area contributed by atoms with Crippen molar-refractivity contribution in [1.29, 1.82) is 0 Å². The molecule has 0 radical (unpaired) electrons. The second-order valence-corrected chi connectivity index (χ2v) is 9.07. The molecule has 0 bridgehead atoms. The first-order chi connectivity index (χ1) is 10.6. The summed E-state index contributed by atoms with van der Waals surface area (Å²) in [5.41, 5.74) is 1.43. The van der Waals surface area contributed by atoms with E-state index in [0.29, 0.717) is 11.1 Å². The molecule has 0 spiro atoms. The zero-order valence-corrected chi connectivity index (χ0v) is 13.6. The number of hydrogen-bond acceptors (Lipinski definition) is 3. The molecule has 7 nitrogen and oxygen atoms in total. The summed E-state index contributed by atoms with van der Waals surface area (Å²) in [5.74, 6) is 0. The van der Waals surface area contributed by atoms with Gasteiger partial charge in [0.15, 0.2) is 0 Å². The Labute approximate surface area is 132 Å². The number of benzene rings is 2. The monoisotopic (exact) mass is 358 g/mol. The molecule has 0 aromatic heterocycles. The Morgan fingerprint density at radius 2 is 1.26 bits per heavy atom. The van der Waals surface area contributed by atoms with Crippen LogP contribution in [0.4, 0.5) is 0 Å². The van der Waals surface area contributed by atoms with Crippen molar-refractivity contribution in [1.82, 2.24) is 0 Å². The largest absolute Gasteiger partial charge is 0.369 e. The van der Waals surface area contributed by atoms with E-state index >= 15 is 0 Å². The Bertz CT molecular complexity index is 757. The van der Waals surface area contributed by atoms with Crippen LogP contribution in [-0.4, -0.2) is 29.8 Å². The smallest absolute Gasteiger partial charge is 0.367 e. The molecule has 2 aromatic carbocycles. The predicted molar refractivity (Wildman–Crippen MR) is 84.6 cm³/mol. The van der Waals surface area contributed by atoms with Gasteiger partial charge in [0, 0.05) is 6.42 Å². The fourth-order valence-electron chi connectivity index (χ4n) is 2.20. The average Bonchev–Trinajstić information content (AvgIpc) is 2.46. The maximum absolute atomic E-state index is 11.5. The average molecular weight is 358 g/mol. The first-order valence-corrected chi connectivity index (χ1v) is 9.76. The molecule has 2 aromatic rings. The topological polar surface area (TPSA) is 135 Å². The van der Waals surface area contributed by atoms with Crippen LogP contribution in [0.2, 0.25) is 0 Å². The van der Waals surface area contributed by atoms with Gasteiger partial charge in [-0.1, -0.05) is 54.6 Å². The fraction of sp³-hybridized carbons (Fsp3) is 0.143. The van der Waals surface area contributed by atoms with Gasteiger partial charge in [0.25, 0.3) is 5.08 Å². The zero-order valence-electron chi connectivity index (χ0n) is 11.9. The molecule has 0 fully saturated rings. The molecule has 0 aliphatic rings. The standard InChI is InChI=1S/C14H16O7P2/c15-14(22(16,17)18,23(19,20)21)10-12-8-4-5-9-13(12)11-6-2-1-3-7-11/h1-9,15H,10H2,(H2,16,17,18)(H2,19,20,21). The van der Waals surface area contributed by atoms with E-state index in [1.54, 1.807) is 48.5 Å². The molecule has 0 aliphatic heterocycles. The molecule has 2 rings (SSSR count). The first-order valence-electron chi connectivity index (χ1n) is 6.53. The molecular weight excluding hydrogens is 342 g/mol. The Kier molecular flexibility index (Phi) is 4.95. The van der Waals surface area contributed by atoms with E-state index < -0.39 is 26.7 Å². The van der Waals surface area contributed by atoms with Crippen molar-refractivity contribution in [3.05, 3.63) is 60.2 Å². The van der Waals surface area contributed by atoms with E-state index in [1.807, 2.05) is 0 Å². The quantitative estimate of drug-likeness (QED) is 0.515. The third kappa shape index (κ3) is 3.62. The van der Waals surface area contributed by atoms with Crippen molar-refractivity contribution in [3.8, 4) is 11.1 Å². The van der Waals surface area contributed by atoms with Crippen LogP contribution in [0.5, 0.6) is 0 Å². The molecule has 0 heterocycles. The second-order valence-electron chi connectivity index (χ2n) is 5.06. The highest BCUT2D eigenvalue weighted by molar-refractivity contribution is 7.72. The SMILES string of the molecule is O=P(O)(O)C(O)(Cc1ccccc1-c1ccccc1)P(=O)(O)O. The Morgan fingerprint density at radius 3 is 1.78 bits per heavy atom. The lowest BCUT2D eigenvalue weighted by molar-refractivity contribution is 0.131. The molecular formula is C14H16O7P2. The molecule has 0 unspecified atom stereocenters. The van der Waals surface area contributed by atoms with Crippen molar-refractivity contribution in [2.45, 2.75) is 11.5 Å². The summed E-state index contributed by atoms with van der Waals surface area (Å²) < 4.78 is 23.0. The van der Waals surface area contributed by atoms with Crippen molar-refractivity contribution >= 4 is 15.2 Å². The van der Waals surface area contributed by atoms with E-state index in [-0.39, 0.29) is 5.56 Å². The molecule has 9 heteroatoms. The van der Waals surface area contributed by atoms with Crippen LogP contribution in [0, 0.1) is 0 Å². The van der Waals surface area contributed by atoms with Gasteiger partial charge in [-0.2, -0.15) is 0 Å². The summed E-state index contributed by atoms with van der Waals surface area (Å²) in [6.45, 7) is 0. The lowest BCUT2D eigenvalue weighted by Crippen LogP contribution is -2.31. The summed E-state index contributed by atoms with van der Waals surface area (Å²) in [5, 5.41) is 6.62. The van der Waals surface area contributed by atoms with Crippen molar-refractivity contribution in [3.63, 3.8) is 0 Å². The van der Waals surface area contributed by atoms with Crippen LogP contribution in [0.1, 0.15) is 5.56 Å². The summed E-state index contributed by atoms with van der Waals surface area (Å²) in [7, 11) is -11.0. The highest BCUT2D eigenvalue weighted by atomic mass is 31.2. The van der Waals surface area contributed by atoms with Gasteiger partial charge in [0.05, 0.1) is 0 Å². The minimum Gasteiger partial charge on any atom is -0.367 e. The molecule has 0 atom stereocenters. The second kappa shape index (κ2) is 6.30. The van der Waals surface area contributed by atoms with Crippen LogP contribution in [0.15, 0.2) is 54.6 Å². The highest BCUT2D eigenvalue weighted by Gasteiger charge is 2.59. The molecule has 5 N–H and O–H groups in total. The van der Waals surface area contributed by atoms with Gasteiger partial charge in [0.2, 0.25) is 0 Å². The van der Waals surface area contributed by atoms with Crippen molar-refractivity contribution in [2.24, 2.45) is 0 Å². The molecule has 124 valence electrons. The Hall–Kier alpha value is -1.30. The van der Waals surface area contributed by atoms with E-state index in [9.17, 15) is 33.8 Å². The molecule has 0 saturated carbocycles. The Morgan fingerprint density at radius 1 is 0.783 bits per heavy atom. The van der Waals surface area contributed by atoms with Gasteiger partial charge in [-0.05, 0) is 16.7 Å². The van der Waals surface area contributed by atoms with Crippen molar-refractivity contribution in [2.75, 3.05) is 0 Å². The predicted octanol–water partition coefficient (Wildman–Crippen LogP) is 1.90. The van der Waals surface area contributed by atoms with Crippen molar-refractivity contribution < 1.29 is 33.8 Å². The summed E-state index contributed by atoms with van der Waals surface area (Å²) >= 11 is 0. The van der Waals surface area contributed by atoms with Crippen LogP contribution in [-0.2, 0) is 15.6 Å². The van der Waals surface area contributed by atoms with E-state index in [0.717, 1.165) is 0 Å². The summed E-state index contributed by atoms with van der Waals surface area (Å²) in [6.07, 6.45) is -0.882. The van der Waals surface area contributed by atoms with Crippen LogP contribution in [0.3, 0.4) is 0 Å². The van der Waals surface area contributed by atoms with Gasteiger partial charge in [-0.25, -0.2) is 0 Å². The summed E-state index contributed by atoms with van der Waals surface area (Å²) in [6, 6.07) is 15.1. The van der Waals surface area contributed by atoms with E-state index in [1.165, 1.54) is 6.07 Å². The molecule has 0 aliphatic carbocycles. The fourth-order valence-corrected chi connectivity index (χ4v) is 4.32. The molecule has 0 amide bonds. The van der Waals surface area contributed by atoms with Gasteiger partial charge in [-0.15, -0.1) is 0 Å². The Balaban J connectivity index is 2.56. The lowest BCUT2D eigenvalue weighted by Gasteiger charge is -2.30. The molecule has 23 heavy (non-hydrogen) atoms. The third-order valence-electron chi connectivity index (χ3n) is 3.46.